The molecule has 0 aliphatic rings. The number of rotatable bonds is 12. The molecule has 0 aliphatic heterocycles. The van der Waals surface area contributed by atoms with E-state index >= 15 is 0 Å². The van der Waals surface area contributed by atoms with Gasteiger partial charge in [-0.25, -0.2) is 4.98 Å². The van der Waals surface area contributed by atoms with Gasteiger partial charge < -0.3 is 20.3 Å². The van der Waals surface area contributed by atoms with Gasteiger partial charge in [0, 0.05) is 37.7 Å². The van der Waals surface area contributed by atoms with Crippen molar-refractivity contribution >= 4 is 34.2 Å². The van der Waals surface area contributed by atoms with Gasteiger partial charge in [0.2, 0.25) is 11.8 Å². The topological polar surface area (TPSA) is 101 Å². The number of carbonyl (C=O) groups is 3. The smallest absolute Gasteiger partial charge is 0.254 e. The molecule has 2 N–H and O–H groups in total. The summed E-state index contributed by atoms with van der Waals surface area (Å²) < 4.78 is 4.95. The first-order chi connectivity index (χ1) is 15.3. The first-order valence-electron chi connectivity index (χ1n) is 10.6. The summed E-state index contributed by atoms with van der Waals surface area (Å²) >= 11 is 1.25. The third-order valence-corrected chi connectivity index (χ3v) is 5.30. The molecule has 8 nitrogen and oxygen atoms in total. The average molecular weight is 461 g/mol. The molecule has 0 unspecified atom stereocenters. The molecule has 0 radical (unpaired) electrons. The summed E-state index contributed by atoms with van der Waals surface area (Å²) in [5, 5.41) is 7.70. The number of thiazole rings is 1. The Morgan fingerprint density at radius 1 is 1.16 bits per heavy atom. The number of methoxy groups -OCH3 is 1. The van der Waals surface area contributed by atoms with Crippen LogP contribution in [0.1, 0.15) is 41.9 Å². The van der Waals surface area contributed by atoms with Crippen LogP contribution >= 0.6 is 11.3 Å². The molecule has 0 saturated heterocycles. The number of ether oxygens (including phenoxy) is 1. The molecule has 0 bridgehead atoms. The molecule has 0 aliphatic carbocycles. The highest BCUT2D eigenvalue weighted by molar-refractivity contribution is 7.13. The van der Waals surface area contributed by atoms with Gasteiger partial charge in [0.15, 0.2) is 5.13 Å². The van der Waals surface area contributed by atoms with Crippen LogP contribution in [-0.4, -0.2) is 61.0 Å². The number of amides is 3. The van der Waals surface area contributed by atoms with E-state index in [-0.39, 0.29) is 36.6 Å². The van der Waals surface area contributed by atoms with Gasteiger partial charge in [-0.05, 0) is 31.4 Å². The molecule has 174 valence electrons. The van der Waals surface area contributed by atoms with Crippen molar-refractivity contribution in [3.05, 3.63) is 46.5 Å². The van der Waals surface area contributed by atoms with Crippen molar-refractivity contribution in [2.24, 2.45) is 5.92 Å². The molecule has 9 heteroatoms. The first kappa shape index (κ1) is 25.5. The Morgan fingerprint density at radius 3 is 2.53 bits per heavy atom. The molecular weight excluding hydrogens is 428 g/mol. The van der Waals surface area contributed by atoms with Crippen molar-refractivity contribution in [3.63, 3.8) is 0 Å². The van der Waals surface area contributed by atoms with Crippen LogP contribution in [0.2, 0.25) is 0 Å². The Hall–Kier alpha value is -2.78. The fourth-order valence-corrected chi connectivity index (χ4v) is 3.71. The lowest BCUT2D eigenvalue weighted by molar-refractivity contribution is -0.120. The van der Waals surface area contributed by atoms with E-state index in [2.05, 4.69) is 15.6 Å². The highest BCUT2D eigenvalue weighted by atomic mass is 32.1. The number of hydrogen-bond donors (Lipinski definition) is 2. The number of aromatic nitrogens is 1. The predicted molar refractivity (Wildman–Crippen MR) is 126 cm³/mol. The summed E-state index contributed by atoms with van der Waals surface area (Å²) in [5.74, 6) is -0.419. The van der Waals surface area contributed by atoms with Crippen molar-refractivity contribution < 1.29 is 19.1 Å². The summed E-state index contributed by atoms with van der Waals surface area (Å²) in [6.07, 6.45) is 0.888. The summed E-state index contributed by atoms with van der Waals surface area (Å²) in [7, 11) is 1.62. The van der Waals surface area contributed by atoms with Gasteiger partial charge in [-0.2, -0.15) is 0 Å². The van der Waals surface area contributed by atoms with Crippen molar-refractivity contribution in [1.29, 1.82) is 0 Å². The molecule has 0 spiro atoms. The number of nitrogens with zero attached hydrogens (tertiary/aromatic N) is 2. The zero-order valence-corrected chi connectivity index (χ0v) is 20.0. The predicted octanol–water partition coefficient (Wildman–Crippen LogP) is 2.88. The Kier molecular flexibility index (Phi) is 10.3. The third kappa shape index (κ3) is 8.76. The molecular formula is C23H32N4O4S. The lowest BCUT2D eigenvalue weighted by Crippen LogP contribution is -2.40. The van der Waals surface area contributed by atoms with E-state index in [9.17, 15) is 14.4 Å². The second kappa shape index (κ2) is 12.9. The lowest BCUT2D eigenvalue weighted by Gasteiger charge is -2.24. The minimum atomic E-state index is -0.323. The fourth-order valence-electron chi connectivity index (χ4n) is 2.99. The van der Waals surface area contributed by atoms with Gasteiger partial charge in [-0.3, -0.25) is 14.4 Å². The minimum absolute atomic E-state index is 0.0697. The van der Waals surface area contributed by atoms with Crippen LogP contribution in [0.15, 0.2) is 29.6 Å². The summed E-state index contributed by atoms with van der Waals surface area (Å²) in [4.78, 5) is 43.3. The largest absolute Gasteiger partial charge is 0.385 e. The van der Waals surface area contributed by atoms with Crippen LogP contribution in [0.25, 0.3) is 0 Å². The van der Waals surface area contributed by atoms with Crippen LogP contribution in [-0.2, 0) is 20.7 Å². The number of benzene rings is 1. The standard InChI is InChI=1S/C23H32N4O4S/c1-16(2)13-27(22(30)18-8-6-17(3)7-9-18)14-21(29)26-23-25-19(15-32-23)12-20(28)24-10-5-11-31-4/h6-9,15-16H,5,10-14H2,1-4H3,(H,24,28)(H,25,26,29). The zero-order valence-electron chi connectivity index (χ0n) is 19.1. The lowest BCUT2D eigenvalue weighted by atomic mass is 10.1. The molecule has 32 heavy (non-hydrogen) atoms. The maximum atomic E-state index is 12.9. The molecule has 0 saturated carbocycles. The van der Waals surface area contributed by atoms with E-state index in [4.69, 9.17) is 4.74 Å². The van der Waals surface area contributed by atoms with Crippen LogP contribution in [0.4, 0.5) is 5.13 Å². The highest BCUT2D eigenvalue weighted by Crippen LogP contribution is 2.16. The molecule has 1 heterocycles. The number of hydrogen-bond acceptors (Lipinski definition) is 6. The van der Waals surface area contributed by atoms with Crippen molar-refractivity contribution in [2.75, 3.05) is 38.7 Å². The summed E-state index contributed by atoms with van der Waals surface area (Å²) in [6, 6.07) is 7.31. The van der Waals surface area contributed by atoms with Crippen molar-refractivity contribution in [2.45, 2.75) is 33.6 Å². The van der Waals surface area contributed by atoms with E-state index in [1.54, 1.807) is 29.5 Å². The third-order valence-electron chi connectivity index (χ3n) is 4.49. The molecule has 3 amide bonds. The molecule has 0 fully saturated rings. The van der Waals surface area contributed by atoms with Crippen LogP contribution in [0.3, 0.4) is 0 Å². The van der Waals surface area contributed by atoms with Gasteiger partial charge in [0.05, 0.1) is 12.1 Å². The minimum Gasteiger partial charge on any atom is -0.385 e. The van der Waals surface area contributed by atoms with E-state index in [0.717, 1.165) is 12.0 Å². The molecule has 2 aromatic rings. The molecule has 2 rings (SSSR count). The van der Waals surface area contributed by atoms with Gasteiger partial charge in [0.25, 0.3) is 5.91 Å². The maximum absolute atomic E-state index is 12.9. The van der Waals surface area contributed by atoms with Crippen LogP contribution < -0.4 is 10.6 Å². The Balaban J connectivity index is 1.92. The highest BCUT2D eigenvalue weighted by Gasteiger charge is 2.20. The quantitative estimate of drug-likeness (QED) is 0.475. The maximum Gasteiger partial charge on any atom is 0.254 e. The van der Waals surface area contributed by atoms with Gasteiger partial charge in [0.1, 0.15) is 6.54 Å². The SMILES string of the molecule is COCCCNC(=O)Cc1csc(NC(=O)CN(CC(C)C)C(=O)c2ccc(C)cc2)n1. The van der Waals surface area contributed by atoms with Gasteiger partial charge in [-0.1, -0.05) is 31.5 Å². The van der Waals surface area contributed by atoms with Gasteiger partial charge >= 0.3 is 0 Å². The Bertz CT molecular complexity index is 896. The molecule has 1 aromatic heterocycles. The van der Waals surface area contributed by atoms with Gasteiger partial charge in [-0.15, -0.1) is 11.3 Å². The normalized spacial score (nSPS) is 10.8. The van der Waals surface area contributed by atoms with E-state index < -0.39 is 0 Å². The van der Waals surface area contributed by atoms with E-state index in [1.807, 2.05) is 32.9 Å². The molecule has 0 atom stereocenters. The first-order valence-corrected chi connectivity index (χ1v) is 11.5. The average Bonchev–Trinajstić information content (AvgIpc) is 3.16. The number of aryl methyl sites for hydroxylation is 1. The van der Waals surface area contributed by atoms with E-state index in [1.165, 1.54) is 11.3 Å². The second-order valence-electron chi connectivity index (χ2n) is 8.01. The van der Waals surface area contributed by atoms with Crippen molar-refractivity contribution in [1.82, 2.24) is 15.2 Å². The summed E-state index contributed by atoms with van der Waals surface area (Å²) in [5.41, 5.74) is 2.21. The van der Waals surface area contributed by atoms with Crippen LogP contribution in [0, 0.1) is 12.8 Å². The number of nitrogens with one attached hydrogen (secondary N) is 2. The zero-order chi connectivity index (χ0) is 23.5. The summed E-state index contributed by atoms with van der Waals surface area (Å²) in [6.45, 7) is 7.49. The molecule has 1 aromatic carbocycles. The Morgan fingerprint density at radius 2 is 1.88 bits per heavy atom. The van der Waals surface area contributed by atoms with Crippen molar-refractivity contribution in [3.8, 4) is 0 Å². The van der Waals surface area contributed by atoms with E-state index in [0.29, 0.717) is 36.1 Å². The fraction of sp³-hybridized carbons (Fsp3) is 0.478. The monoisotopic (exact) mass is 460 g/mol. The van der Waals surface area contributed by atoms with Crippen LogP contribution in [0.5, 0.6) is 0 Å². The Labute approximate surface area is 193 Å². The number of carbonyl (C=O) groups excluding carboxylic acids is 3. The number of anilines is 1. The second-order valence-corrected chi connectivity index (χ2v) is 8.87.